The standard InChI is InChI=1S/C7H14O7/c1-14-7(13)6(12)5(11)4(10)3(9)2-8/h3-6,8-12H,2H2,1H3/t3-,4-,5-,6+/m1/s1. The van der Waals surface area contributed by atoms with Crippen LogP contribution in [-0.2, 0) is 9.53 Å². The molecule has 84 valence electrons. The van der Waals surface area contributed by atoms with Crippen molar-refractivity contribution in [3.63, 3.8) is 0 Å². The minimum Gasteiger partial charge on any atom is -0.467 e. The highest BCUT2D eigenvalue weighted by molar-refractivity contribution is 5.75. The Kier molecular flexibility index (Phi) is 5.58. The molecule has 0 amide bonds. The fraction of sp³-hybridized carbons (Fsp3) is 0.857. The van der Waals surface area contributed by atoms with E-state index in [0.717, 1.165) is 7.11 Å². The zero-order valence-corrected chi connectivity index (χ0v) is 7.57. The molecule has 0 radical (unpaired) electrons. The number of aliphatic hydroxyl groups is 5. The highest BCUT2D eigenvalue weighted by atomic mass is 16.5. The largest absolute Gasteiger partial charge is 0.467 e. The van der Waals surface area contributed by atoms with E-state index in [1.165, 1.54) is 0 Å². The first-order chi connectivity index (χ1) is 6.45. The van der Waals surface area contributed by atoms with Gasteiger partial charge in [-0.3, -0.25) is 0 Å². The Morgan fingerprint density at radius 2 is 1.71 bits per heavy atom. The van der Waals surface area contributed by atoms with Gasteiger partial charge in [-0.25, -0.2) is 4.79 Å². The van der Waals surface area contributed by atoms with E-state index in [2.05, 4.69) is 4.74 Å². The number of aliphatic hydroxyl groups excluding tert-OH is 5. The smallest absolute Gasteiger partial charge is 0.337 e. The molecular weight excluding hydrogens is 196 g/mol. The van der Waals surface area contributed by atoms with Crippen LogP contribution in [0.25, 0.3) is 0 Å². The average Bonchev–Trinajstić information content (AvgIpc) is 2.23. The summed E-state index contributed by atoms with van der Waals surface area (Å²) in [6.45, 7) is -0.799. The predicted octanol–water partition coefficient (Wildman–Crippen LogP) is -3.40. The number of methoxy groups -OCH3 is 1. The highest BCUT2D eigenvalue weighted by Gasteiger charge is 2.34. The number of hydrogen-bond donors (Lipinski definition) is 5. The van der Waals surface area contributed by atoms with Gasteiger partial charge in [-0.05, 0) is 0 Å². The van der Waals surface area contributed by atoms with Crippen molar-refractivity contribution in [2.75, 3.05) is 13.7 Å². The van der Waals surface area contributed by atoms with Crippen molar-refractivity contribution in [3.05, 3.63) is 0 Å². The lowest BCUT2D eigenvalue weighted by Crippen LogP contribution is -2.48. The van der Waals surface area contributed by atoms with Crippen LogP contribution in [0, 0.1) is 0 Å². The molecule has 0 saturated heterocycles. The molecule has 0 bridgehead atoms. The molecule has 0 saturated carbocycles. The lowest BCUT2D eigenvalue weighted by Gasteiger charge is -2.23. The van der Waals surface area contributed by atoms with Crippen LogP contribution < -0.4 is 0 Å². The number of carbonyl (C=O) groups is 1. The van der Waals surface area contributed by atoms with Gasteiger partial charge in [0.2, 0.25) is 0 Å². The zero-order chi connectivity index (χ0) is 11.3. The van der Waals surface area contributed by atoms with Crippen molar-refractivity contribution < 1.29 is 35.1 Å². The van der Waals surface area contributed by atoms with E-state index in [9.17, 15) is 4.79 Å². The third-order valence-electron chi connectivity index (χ3n) is 1.70. The second-order valence-electron chi connectivity index (χ2n) is 2.70. The molecule has 0 aliphatic rings. The summed E-state index contributed by atoms with van der Waals surface area (Å²) in [5.74, 6) is -1.14. The molecular formula is C7H14O7. The van der Waals surface area contributed by atoms with Crippen LogP contribution in [0.4, 0.5) is 0 Å². The van der Waals surface area contributed by atoms with Gasteiger partial charge in [0.25, 0.3) is 0 Å². The molecule has 0 unspecified atom stereocenters. The molecule has 0 spiro atoms. The quantitative estimate of drug-likeness (QED) is 0.299. The van der Waals surface area contributed by atoms with Gasteiger partial charge in [0.05, 0.1) is 13.7 Å². The van der Waals surface area contributed by atoms with Crippen molar-refractivity contribution in [2.45, 2.75) is 24.4 Å². The summed E-state index contributed by atoms with van der Waals surface area (Å²) >= 11 is 0. The summed E-state index contributed by atoms with van der Waals surface area (Å²) in [5, 5.41) is 44.5. The molecule has 0 heterocycles. The first-order valence-corrected chi connectivity index (χ1v) is 3.86. The number of hydrogen-bond acceptors (Lipinski definition) is 7. The van der Waals surface area contributed by atoms with Crippen molar-refractivity contribution in [1.29, 1.82) is 0 Å². The van der Waals surface area contributed by atoms with Crippen LogP contribution in [0.1, 0.15) is 0 Å². The third kappa shape index (κ3) is 3.20. The first kappa shape index (κ1) is 13.3. The highest BCUT2D eigenvalue weighted by Crippen LogP contribution is 2.05. The van der Waals surface area contributed by atoms with Gasteiger partial charge in [0, 0.05) is 0 Å². The Hall–Kier alpha value is -0.730. The van der Waals surface area contributed by atoms with Gasteiger partial charge < -0.3 is 30.3 Å². The number of rotatable bonds is 5. The maximum Gasteiger partial charge on any atom is 0.337 e. The molecule has 0 aromatic carbocycles. The Morgan fingerprint density at radius 1 is 1.21 bits per heavy atom. The van der Waals surface area contributed by atoms with Crippen LogP contribution in [0.5, 0.6) is 0 Å². The fourth-order valence-corrected chi connectivity index (χ4v) is 0.783. The molecule has 4 atom stereocenters. The summed E-state index contributed by atoms with van der Waals surface area (Å²) in [5.41, 5.74) is 0. The molecule has 0 aliphatic heterocycles. The fourth-order valence-electron chi connectivity index (χ4n) is 0.783. The van der Waals surface area contributed by atoms with Gasteiger partial charge in [-0.15, -0.1) is 0 Å². The normalized spacial score (nSPS) is 19.6. The van der Waals surface area contributed by atoms with Crippen LogP contribution in [0.3, 0.4) is 0 Å². The van der Waals surface area contributed by atoms with E-state index >= 15 is 0 Å². The molecule has 7 heteroatoms. The van der Waals surface area contributed by atoms with Crippen molar-refractivity contribution >= 4 is 5.97 Å². The Labute approximate surface area is 80.2 Å². The van der Waals surface area contributed by atoms with Crippen molar-refractivity contribution in [1.82, 2.24) is 0 Å². The van der Waals surface area contributed by atoms with Gasteiger partial charge in [0.15, 0.2) is 6.10 Å². The van der Waals surface area contributed by atoms with Gasteiger partial charge in [-0.1, -0.05) is 0 Å². The van der Waals surface area contributed by atoms with Crippen molar-refractivity contribution in [2.24, 2.45) is 0 Å². The van der Waals surface area contributed by atoms with Crippen LogP contribution in [0.15, 0.2) is 0 Å². The molecule has 0 fully saturated rings. The molecule has 0 aromatic heterocycles. The SMILES string of the molecule is COC(=O)[C@@H](O)[C@H](O)[C@H](O)[C@H](O)CO. The number of ether oxygens (including phenoxy) is 1. The average molecular weight is 210 g/mol. The van der Waals surface area contributed by atoms with E-state index in [1.54, 1.807) is 0 Å². The number of carbonyl (C=O) groups excluding carboxylic acids is 1. The summed E-state index contributed by atoms with van der Waals surface area (Å²) in [4.78, 5) is 10.7. The second kappa shape index (κ2) is 5.89. The van der Waals surface area contributed by atoms with Crippen LogP contribution >= 0.6 is 0 Å². The van der Waals surface area contributed by atoms with E-state index in [-0.39, 0.29) is 0 Å². The Bertz CT molecular complexity index is 183. The summed E-state index contributed by atoms with van der Waals surface area (Å²) in [6, 6.07) is 0. The molecule has 7 nitrogen and oxygen atoms in total. The second-order valence-corrected chi connectivity index (χ2v) is 2.70. The summed E-state index contributed by atoms with van der Waals surface area (Å²) < 4.78 is 4.09. The van der Waals surface area contributed by atoms with Crippen molar-refractivity contribution in [3.8, 4) is 0 Å². The minimum absolute atomic E-state index is 0.799. The monoisotopic (exact) mass is 210 g/mol. The zero-order valence-electron chi connectivity index (χ0n) is 7.57. The van der Waals surface area contributed by atoms with E-state index in [4.69, 9.17) is 25.5 Å². The third-order valence-corrected chi connectivity index (χ3v) is 1.70. The molecule has 0 aromatic rings. The summed E-state index contributed by atoms with van der Waals surface area (Å²) in [6.07, 6.45) is -7.33. The Morgan fingerprint density at radius 3 is 2.07 bits per heavy atom. The lowest BCUT2D eigenvalue weighted by atomic mass is 10.0. The Balaban J connectivity index is 4.30. The van der Waals surface area contributed by atoms with Gasteiger partial charge in [-0.2, -0.15) is 0 Å². The molecule has 5 N–H and O–H groups in total. The van der Waals surface area contributed by atoms with E-state index in [1.807, 2.05) is 0 Å². The van der Waals surface area contributed by atoms with Crippen LogP contribution in [-0.4, -0.2) is 69.6 Å². The number of esters is 1. The molecule has 0 aliphatic carbocycles. The molecule has 0 rings (SSSR count). The minimum atomic E-state index is -1.96. The predicted molar refractivity (Wildman–Crippen MR) is 43.1 cm³/mol. The van der Waals surface area contributed by atoms with Crippen LogP contribution in [0.2, 0.25) is 0 Å². The summed E-state index contributed by atoms with van der Waals surface area (Å²) in [7, 11) is 0.993. The first-order valence-electron chi connectivity index (χ1n) is 3.86. The van der Waals surface area contributed by atoms with Gasteiger partial charge >= 0.3 is 5.97 Å². The molecule has 14 heavy (non-hydrogen) atoms. The maximum atomic E-state index is 10.7. The lowest BCUT2D eigenvalue weighted by molar-refractivity contribution is -0.167. The van der Waals surface area contributed by atoms with E-state index in [0.29, 0.717) is 0 Å². The van der Waals surface area contributed by atoms with Gasteiger partial charge in [0.1, 0.15) is 18.3 Å². The van der Waals surface area contributed by atoms with E-state index < -0.39 is 37.0 Å². The topological polar surface area (TPSA) is 127 Å². The maximum absolute atomic E-state index is 10.7.